The van der Waals surface area contributed by atoms with Crippen molar-refractivity contribution in [1.29, 1.82) is 0 Å². The maximum atomic E-state index is 6.26. The van der Waals surface area contributed by atoms with Crippen molar-refractivity contribution in [2.45, 2.75) is 65.6 Å². The number of aromatic nitrogens is 2. The third kappa shape index (κ3) is 5.63. The van der Waals surface area contributed by atoms with Crippen LogP contribution >= 0.6 is 0 Å². The van der Waals surface area contributed by atoms with Crippen LogP contribution in [0.1, 0.15) is 58.7 Å². The number of aryl methyl sites for hydroxylation is 1. The highest BCUT2D eigenvalue weighted by molar-refractivity contribution is 5.04. The van der Waals surface area contributed by atoms with Gasteiger partial charge in [-0.25, -0.2) is 4.98 Å². The molecule has 1 aromatic rings. The predicted molar refractivity (Wildman–Crippen MR) is 85.6 cm³/mol. The van der Waals surface area contributed by atoms with Crippen molar-refractivity contribution >= 4 is 0 Å². The molecule has 0 saturated heterocycles. The van der Waals surface area contributed by atoms with Crippen molar-refractivity contribution < 1.29 is 0 Å². The zero-order valence-electron chi connectivity index (χ0n) is 13.8. The Morgan fingerprint density at radius 1 is 1.25 bits per heavy atom. The first-order valence-corrected chi connectivity index (χ1v) is 7.87. The largest absolute Gasteiger partial charge is 0.333 e. The van der Waals surface area contributed by atoms with E-state index in [1.54, 1.807) is 0 Å². The van der Waals surface area contributed by atoms with Crippen LogP contribution in [-0.2, 0) is 6.54 Å². The molecule has 4 nitrogen and oxygen atoms in total. The van der Waals surface area contributed by atoms with Gasteiger partial charge in [0.15, 0.2) is 0 Å². The van der Waals surface area contributed by atoms with Crippen molar-refractivity contribution in [3.05, 3.63) is 18.2 Å². The summed E-state index contributed by atoms with van der Waals surface area (Å²) in [6, 6.07) is 0.731. The van der Waals surface area contributed by atoms with Crippen molar-refractivity contribution in [3.63, 3.8) is 0 Å². The molecule has 0 spiro atoms. The first-order valence-electron chi connectivity index (χ1n) is 7.87. The molecule has 4 heteroatoms. The molecule has 1 atom stereocenters. The van der Waals surface area contributed by atoms with Crippen molar-refractivity contribution in [3.8, 4) is 0 Å². The van der Waals surface area contributed by atoms with E-state index in [1.807, 2.05) is 12.5 Å². The highest BCUT2D eigenvalue weighted by Gasteiger charge is 2.13. The van der Waals surface area contributed by atoms with E-state index in [2.05, 4.69) is 49.2 Å². The average molecular weight is 280 g/mol. The topological polar surface area (TPSA) is 47.1 Å². The van der Waals surface area contributed by atoms with Gasteiger partial charge < -0.3 is 15.2 Å². The smallest absolute Gasteiger partial charge is 0.0948 e. The molecule has 0 aliphatic heterocycles. The Hall–Kier alpha value is -0.870. The van der Waals surface area contributed by atoms with Gasteiger partial charge in [-0.05, 0) is 52.6 Å². The SMILES string of the molecule is CC(C)CC(N)c1cncn1CCCCN(C)C(C)C. The summed E-state index contributed by atoms with van der Waals surface area (Å²) in [5, 5.41) is 0. The Bertz CT molecular complexity index is 370. The van der Waals surface area contributed by atoms with Gasteiger partial charge in [0, 0.05) is 24.8 Å². The van der Waals surface area contributed by atoms with Crippen molar-refractivity contribution in [1.82, 2.24) is 14.5 Å². The molecule has 0 aliphatic rings. The van der Waals surface area contributed by atoms with E-state index in [4.69, 9.17) is 5.73 Å². The quantitative estimate of drug-likeness (QED) is 0.707. The molecule has 1 rings (SSSR count). The number of hydrogen-bond acceptors (Lipinski definition) is 3. The minimum Gasteiger partial charge on any atom is -0.333 e. The number of hydrogen-bond donors (Lipinski definition) is 1. The maximum absolute atomic E-state index is 6.26. The molecule has 0 bridgehead atoms. The normalized spacial score (nSPS) is 13.7. The van der Waals surface area contributed by atoms with Gasteiger partial charge in [-0.3, -0.25) is 0 Å². The lowest BCUT2D eigenvalue weighted by Gasteiger charge is -2.21. The average Bonchev–Trinajstić information content (AvgIpc) is 2.81. The molecular formula is C16H32N4. The van der Waals surface area contributed by atoms with Crippen molar-refractivity contribution in [2.75, 3.05) is 13.6 Å². The molecule has 2 N–H and O–H groups in total. The summed E-state index contributed by atoms with van der Waals surface area (Å²) in [6.45, 7) is 11.1. The summed E-state index contributed by atoms with van der Waals surface area (Å²) in [4.78, 5) is 6.65. The fraction of sp³-hybridized carbons (Fsp3) is 0.812. The fourth-order valence-electron chi connectivity index (χ4n) is 2.36. The molecule has 0 fully saturated rings. The fourth-order valence-corrected chi connectivity index (χ4v) is 2.36. The van der Waals surface area contributed by atoms with E-state index in [9.17, 15) is 0 Å². The highest BCUT2D eigenvalue weighted by Crippen LogP contribution is 2.18. The maximum Gasteiger partial charge on any atom is 0.0948 e. The number of nitrogens with zero attached hydrogens (tertiary/aromatic N) is 3. The number of nitrogens with two attached hydrogens (primary N) is 1. The number of imidazole rings is 1. The van der Waals surface area contributed by atoms with Gasteiger partial charge in [0.2, 0.25) is 0 Å². The predicted octanol–water partition coefficient (Wildman–Crippen LogP) is 3.05. The first kappa shape index (κ1) is 17.2. The van der Waals surface area contributed by atoms with Gasteiger partial charge in [-0.15, -0.1) is 0 Å². The Morgan fingerprint density at radius 2 is 1.95 bits per heavy atom. The van der Waals surface area contributed by atoms with E-state index in [-0.39, 0.29) is 6.04 Å². The summed E-state index contributed by atoms with van der Waals surface area (Å²) in [7, 11) is 2.19. The van der Waals surface area contributed by atoms with E-state index < -0.39 is 0 Å². The third-order valence-corrected chi connectivity index (χ3v) is 3.89. The summed E-state index contributed by atoms with van der Waals surface area (Å²) < 4.78 is 2.22. The lowest BCUT2D eigenvalue weighted by atomic mass is 10.0. The summed E-state index contributed by atoms with van der Waals surface area (Å²) in [5.41, 5.74) is 7.44. The second-order valence-electron chi connectivity index (χ2n) is 6.53. The molecule has 0 radical (unpaired) electrons. The van der Waals surface area contributed by atoms with Crippen LogP contribution in [0.2, 0.25) is 0 Å². The van der Waals surface area contributed by atoms with Crippen LogP contribution in [0, 0.1) is 5.92 Å². The highest BCUT2D eigenvalue weighted by atomic mass is 15.1. The van der Waals surface area contributed by atoms with Gasteiger partial charge in [-0.1, -0.05) is 13.8 Å². The second-order valence-corrected chi connectivity index (χ2v) is 6.53. The Labute approximate surface area is 124 Å². The van der Waals surface area contributed by atoms with Gasteiger partial charge in [0.25, 0.3) is 0 Å². The Kier molecular flexibility index (Phi) is 7.24. The van der Waals surface area contributed by atoms with Crippen molar-refractivity contribution in [2.24, 2.45) is 11.7 Å². The number of rotatable bonds is 9. The van der Waals surface area contributed by atoms with E-state index in [0.29, 0.717) is 12.0 Å². The van der Waals surface area contributed by atoms with Crippen LogP contribution in [0.25, 0.3) is 0 Å². The van der Waals surface area contributed by atoms with Gasteiger partial charge >= 0.3 is 0 Å². The van der Waals surface area contributed by atoms with Crippen LogP contribution in [0.15, 0.2) is 12.5 Å². The first-order chi connectivity index (χ1) is 9.41. The Morgan fingerprint density at radius 3 is 2.55 bits per heavy atom. The van der Waals surface area contributed by atoms with Crippen LogP contribution in [0.3, 0.4) is 0 Å². The summed E-state index contributed by atoms with van der Waals surface area (Å²) in [6.07, 6.45) is 7.25. The molecule has 0 aliphatic carbocycles. The Balaban J connectivity index is 2.39. The monoisotopic (exact) mass is 280 g/mol. The lowest BCUT2D eigenvalue weighted by Crippen LogP contribution is -2.27. The lowest BCUT2D eigenvalue weighted by molar-refractivity contribution is 0.266. The third-order valence-electron chi connectivity index (χ3n) is 3.89. The minimum absolute atomic E-state index is 0.107. The zero-order chi connectivity index (χ0) is 15.1. The molecule has 0 amide bonds. The standard InChI is InChI=1S/C16H32N4/c1-13(2)10-15(17)16-11-18-12-20(16)9-7-6-8-19(5)14(3)4/h11-15H,6-10,17H2,1-5H3. The van der Waals surface area contributed by atoms with E-state index in [1.165, 1.54) is 18.5 Å². The van der Waals surface area contributed by atoms with Gasteiger partial charge in [0.1, 0.15) is 0 Å². The summed E-state index contributed by atoms with van der Waals surface area (Å²) >= 11 is 0. The molecule has 1 unspecified atom stereocenters. The molecular weight excluding hydrogens is 248 g/mol. The molecule has 0 aromatic carbocycles. The van der Waals surface area contributed by atoms with Crippen LogP contribution in [-0.4, -0.2) is 34.1 Å². The molecule has 116 valence electrons. The second kappa shape index (κ2) is 8.42. The number of unbranched alkanes of at least 4 members (excludes halogenated alkanes) is 1. The molecule has 20 heavy (non-hydrogen) atoms. The van der Waals surface area contributed by atoms with Crippen LogP contribution in [0.5, 0.6) is 0 Å². The zero-order valence-corrected chi connectivity index (χ0v) is 13.8. The molecule has 0 saturated carbocycles. The minimum atomic E-state index is 0.107. The summed E-state index contributed by atoms with van der Waals surface area (Å²) in [5.74, 6) is 0.619. The molecule has 1 heterocycles. The van der Waals surface area contributed by atoms with E-state index in [0.717, 1.165) is 19.5 Å². The van der Waals surface area contributed by atoms with Gasteiger partial charge in [0.05, 0.1) is 12.0 Å². The van der Waals surface area contributed by atoms with E-state index >= 15 is 0 Å². The van der Waals surface area contributed by atoms with Gasteiger partial charge in [-0.2, -0.15) is 0 Å². The van der Waals surface area contributed by atoms with Crippen LogP contribution < -0.4 is 5.73 Å². The van der Waals surface area contributed by atoms with Crippen LogP contribution in [0.4, 0.5) is 0 Å². The molecule has 1 aromatic heterocycles.